The van der Waals surface area contributed by atoms with Crippen LogP contribution in [0.4, 0.5) is 0 Å². The van der Waals surface area contributed by atoms with Gasteiger partial charge < -0.3 is 20.3 Å². The number of nitrogens with one attached hydrogen (secondary N) is 1. The van der Waals surface area contributed by atoms with Gasteiger partial charge in [0.2, 0.25) is 0 Å². The normalized spacial score (nSPS) is 12.1. The van der Waals surface area contributed by atoms with Gasteiger partial charge in [0.1, 0.15) is 5.75 Å². The highest BCUT2D eigenvalue weighted by Crippen LogP contribution is 2.13. The number of aromatic nitrogens is 1. The molecule has 0 saturated carbocycles. The molecule has 0 fully saturated rings. The monoisotopic (exact) mass is 240 g/mol. The highest BCUT2D eigenvalue weighted by molar-refractivity contribution is 5.96. The number of aliphatic hydroxyl groups is 1. The predicted octanol–water partition coefficient (Wildman–Crippen LogP) is -0.0856. The second-order valence-electron chi connectivity index (χ2n) is 3.53. The van der Waals surface area contributed by atoms with Gasteiger partial charge in [-0.15, -0.1) is 0 Å². The summed E-state index contributed by atoms with van der Waals surface area (Å²) in [6, 6.07) is 1.14. The van der Waals surface area contributed by atoms with Gasteiger partial charge in [-0.1, -0.05) is 0 Å². The van der Waals surface area contributed by atoms with Gasteiger partial charge in [0.25, 0.3) is 5.91 Å². The lowest BCUT2D eigenvalue weighted by molar-refractivity contribution is 0.0876. The number of pyridine rings is 1. The van der Waals surface area contributed by atoms with Gasteiger partial charge in [0.15, 0.2) is 0 Å². The Kier molecular flexibility index (Phi) is 5.38. The number of rotatable bonds is 6. The Labute approximate surface area is 99.3 Å². The molecule has 0 aliphatic rings. The molecule has 1 heterocycles. The summed E-state index contributed by atoms with van der Waals surface area (Å²) in [5, 5.41) is 20.9. The topological polar surface area (TPSA) is 91.7 Å². The minimum Gasteiger partial charge on any atom is -0.505 e. The molecule has 1 aromatic rings. The van der Waals surface area contributed by atoms with Crippen molar-refractivity contribution in [3.05, 3.63) is 24.0 Å². The Balaban J connectivity index is 2.67. The van der Waals surface area contributed by atoms with E-state index < -0.39 is 5.91 Å². The summed E-state index contributed by atoms with van der Waals surface area (Å²) < 4.78 is 4.92. The SMILES string of the molecule is COCC(CCO)NC(=O)c1ccncc1O. The van der Waals surface area contributed by atoms with E-state index in [1.54, 1.807) is 0 Å². The molecule has 0 aromatic carbocycles. The molecule has 0 bridgehead atoms. The summed E-state index contributed by atoms with van der Waals surface area (Å²) in [5.74, 6) is -0.592. The van der Waals surface area contributed by atoms with Gasteiger partial charge in [-0.3, -0.25) is 9.78 Å². The van der Waals surface area contributed by atoms with Gasteiger partial charge >= 0.3 is 0 Å². The molecule has 6 nitrogen and oxygen atoms in total. The van der Waals surface area contributed by atoms with E-state index in [-0.39, 0.29) is 24.0 Å². The smallest absolute Gasteiger partial charge is 0.255 e. The van der Waals surface area contributed by atoms with Crippen LogP contribution in [0.2, 0.25) is 0 Å². The van der Waals surface area contributed by atoms with E-state index in [1.807, 2.05) is 0 Å². The Morgan fingerprint density at radius 1 is 1.65 bits per heavy atom. The summed E-state index contributed by atoms with van der Waals surface area (Å²) in [4.78, 5) is 15.5. The first-order valence-corrected chi connectivity index (χ1v) is 5.22. The minimum absolute atomic E-state index is 0.0450. The van der Waals surface area contributed by atoms with E-state index in [1.165, 1.54) is 25.6 Å². The lowest BCUT2D eigenvalue weighted by Gasteiger charge is -2.16. The van der Waals surface area contributed by atoms with E-state index in [0.29, 0.717) is 13.0 Å². The highest BCUT2D eigenvalue weighted by atomic mass is 16.5. The maximum Gasteiger partial charge on any atom is 0.255 e. The van der Waals surface area contributed by atoms with E-state index in [2.05, 4.69) is 10.3 Å². The van der Waals surface area contributed by atoms with Crippen molar-refractivity contribution in [2.75, 3.05) is 20.3 Å². The van der Waals surface area contributed by atoms with Gasteiger partial charge in [-0.2, -0.15) is 0 Å². The molecule has 1 aromatic heterocycles. The van der Waals surface area contributed by atoms with Crippen LogP contribution in [0.15, 0.2) is 18.5 Å². The predicted molar refractivity (Wildman–Crippen MR) is 60.7 cm³/mol. The van der Waals surface area contributed by atoms with Crippen molar-refractivity contribution in [2.45, 2.75) is 12.5 Å². The fraction of sp³-hybridized carbons (Fsp3) is 0.455. The van der Waals surface area contributed by atoms with E-state index >= 15 is 0 Å². The zero-order valence-corrected chi connectivity index (χ0v) is 9.59. The lowest BCUT2D eigenvalue weighted by Crippen LogP contribution is -2.38. The molecule has 0 radical (unpaired) electrons. The van der Waals surface area contributed by atoms with Crippen molar-refractivity contribution in [3.63, 3.8) is 0 Å². The average Bonchev–Trinajstić information content (AvgIpc) is 2.30. The molecule has 0 aliphatic heterocycles. The number of hydrogen-bond donors (Lipinski definition) is 3. The minimum atomic E-state index is -0.416. The number of hydrogen-bond acceptors (Lipinski definition) is 5. The number of carbonyl (C=O) groups is 1. The molecule has 1 rings (SSSR count). The summed E-state index contributed by atoms with van der Waals surface area (Å²) >= 11 is 0. The number of nitrogens with zero attached hydrogens (tertiary/aromatic N) is 1. The molecule has 1 atom stereocenters. The maximum atomic E-state index is 11.8. The van der Waals surface area contributed by atoms with Gasteiger partial charge in [-0.05, 0) is 12.5 Å². The van der Waals surface area contributed by atoms with Crippen molar-refractivity contribution < 1.29 is 19.7 Å². The number of carbonyl (C=O) groups excluding carboxylic acids is 1. The molecule has 94 valence electrons. The first kappa shape index (κ1) is 13.4. The third-order valence-electron chi connectivity index (χ3n) is 2.23. The number of aromatic hydroxyl groups is 1. The Hall–Kier alpha value is -1.66. The molecule has 17 heavy (non-hydrogen) atoms. The number of aliphatic hydroxyl groups excluding tert-OH is 1. The highest BCUT2D eigenvalue weighted by Gasteiger charge is 2.15. The molecular formula is C11H16N2O4. The first-order chi connectivity index (χ1) is 8.19. The second kappa shape index (κ2) is 6.82. The van der Waals surface area contributed by atoms with Crippen molar-refractivity contribution in [1.29, 1.82) is 0 Å². The zero-order chi connectivity index (χ0) is 12.7. The van der Waals surface area contributed by atoms with Crippen LogP contribution >= 0.6 is 0 Å². The van der Waals surface area contributed by atoms with Crippen LogP contribution in [0, 0.1) is 0 Å². The number of amides is 1. The van der Waals surface area contributed by atoms with Crippen LogP contribution < -0.4 is 5.32 Å². The third kappa shape index (κ3) is 4.01. The average molecular weight is 240 g/mol. The molecule has 3 N–H and O–H groups in total. The summed E-state index contributed by atoms with van der Waals surface area (Å²) in [5.41, 5.74) is 0.152. The lowest BCUT2D eigenvalue weighted by atomic mass is 10.2. The van der Waals surface area contributed by atoms with Crippen LogP contribution in [0.1, 0.15) is 16.8 Å². The Morgan fingerprint density at radius 2 is 2.41 bits per heavy atom. The van der Waals surface area contributed by atoms with Crippen LogP contribution in [-0.2, 0) is 4.74 Å². The Morgan fingerprint density at radius 3 is 3.00 bits per heavy atom. The molecule has 6 heteroatoms. The molecule has 0 aliphatic carbocycles. The van der Waals surface area contributed by atoms with Gasteiger partial charge in [0, 0.05) is 19.9 Å². The van der Waals surface area contributed by atoms with Crippen LogP contribution in [0.5, 0.6) is 5.75 Å². The fourth-order valence-corrected chi connectivity index (χ4v) is 1.40. The van der Waals surface area contributed by atoms with E-state index in [4.69, 9.17) is 9.84 Å². The van der Waals surface area contributed by atoms with E-state index in [0.717, 1.165) is 0 Å². The largest absolute Gasteiger partial charge is 0.505 e. The van der Waals surface area contributed by atoms with Crippen molar-refractivity contribution in [1.82, 2.24) is 10.3 Å². The molecule has 0 saturated heterocycles. The van der Waals surface area contributed by atoms with Crippen LogP contribution in [0.3, 0.4) is 0 Å². The zero-order valence-electron chi connectivity index (χ0n) is 9.59. The van der Waals surface area contributed by atoms with Gasteiger partial charge in [0.05, 0.1) is 24.4 Å². The second-order valence-corrected chi connectivity index (χ2v) is 3.53. The van der Waals surface area contributed by atoms with Crippen LogP contribution in [-0.4, -0.2) is 47.5 Å². The summed E-state index contributed by atoms with van der Waals surface area (Å²) in [6.45, 7) is 0.259. The third-order valence-corrected chi connectivity index (χ3v) is 2.23. The number of methoxy groups -OCH3 is 1. The summed E-state index contributed by atoms with van der Waals surface area (Å²) in [7, 11) is 1.51. The number of ether oxygens (including phenoxy) is 1. The maximum absolute atomic E-state index is 11.8. The quantitative estimate of drug-likeness (QED) is 0.646. The molecule has 0 spiro atoms. The molecule has 1 unspecified atom stereocenters. The van der Waals surface area contributed by atoms with Crippen molar-refractivity contribution in [2.24, 2.45) is 0 Å². The van der Waals surface area contributed by atoms with Gasteiger partial charge in [-0.25, -0.2) is 0 Å². The van der Waals surface area contributed by atoms with E-state index in [9.17, 15) is 9.90 Å². The van der Waals surface area contributed by atoms with Crippen molar-refractivity contribution in [3.8, 4) is 5.75 Å². The Bertz CT molecular complexity index is 364. The molecular weight excluding hydrogens is 224 g/mol. The standard InChI is InChI=1S/C11H16N2O4/c1-17-7-8(3-5-14)13-11(16)9-2-4-12-6-10(9)15/h2,4,6,8,14-15H,3,5,7H2,1H3,(H,13,16). The fourth-order valence-electron chi connectivity index (χ4n) is 1.40. The molecule has 1 amide bonds. The summed E-state index contributed by atoms with van der Waals surface area (Å²) in [6.07, 6.45) is 3.02. The van der Waals surface area contributed by atoms with Crippen LogP contribution in [0.25, 0.3) is 0 Å². The first-order valence-electron chi connectivity index (χ1n) is 5.22. The van der Waals surface area contributed by atoms with Crippen molar-refractivity contribution >= 4 is 5.91 Å².